The first-order valence-corrected chi connectivity index (χ1v) is 6.60. The second-order valence-electron chi connectivity index (χ2n) is 3.08. The summed E-state index contributed by atoms with van der Waals surface area (Å²) in [6, 6.07) is 6.03. The Bertz CT molecular complexity index is 482. The van der Waals surface area contributed by atoms with Gasteiger partial charge in [-0.1, -0.05) is 40.9 Å². The second kappa shape index (κ2) is 5.03. The monoisotopic (exact) mass is 281 g/mol. The number of carbonyl (C=O) groups excluding carboxylic acids is 1. The fraction of sp³-hybridized carbons (Fsp3) is 0.222. The van der Waals surface area contributed by atoms with Gasteiger partial charge in [0, 0.05) is 0 Å². The Kier molecular flexibility index (Phi) is 4.18. The van der Waals surface area contributed by atoms with Crippen molar-refractivity contribution in [1.29, 1.82) is 0 Å². The number of sulfonamides is 1. The first-order chi connectivity index (χ1) is 7.33. The molecule has 0 unspecified atom stereocenters. The fourth-order valence-corrected chi connectivity index (χ4v) is 2.19. The maximum absolute atomic E-state index is 11.6. The van der Waals surface area contributed by atoms with E-state index >= 15 is 0 Å². The van der Waals surface area contributed by atoms with Crippen molar-refractivity contribution in [3.63, 3.8) is 0 Å². The Morgan fingerprint density at radius 3 is 2.19 bits per heavy atom. The lowest BCUT2D eigenvalue weighted by Crippen LogP contribution is -2.34. The van der Waals surface area contributed by atoms with Crippen LogP contribution >= 0.6 is 23.2 Å². The van der Waals surface area contributed by atoms with Gasteiger partial charge in [0.25, 0.3) is 15.9 Å². The van der Waals surface area contributed by atoms with Crippen molar-refractivity contribution in [1.82, 2.24) is 4.72 Å². The Hall–Kier alpha value is -0.780. The van der Waals surface area contributed by atoms with Gasteiger partial charge in [-0.15, -0.1) is 0 Å². The van der Waals surface area contributed by atoms with Crippen LogP contribution in [0.25, 0.3) is 0 Å². The molecule has 0 heterocycles. The molecule has 1 aromatic carbocycles. The molecular weight excluding hydrogens is 273 g/mol. The van der Waals surface area contributed by atoms with E-state index in [1.807, 2.05) is 6.92 Å². The predicted molar refractivity (Wildman–Crippen MR) is 62.0 cm³/mol. The number of carbonyl (C=O) groups is 1. The Morgan fingerprint density at radius 1 is 1.25 bits per heavy atom. The van der Waals surface area contributed by atoms with Gasteiger partial charge in [-0.3, -0.25) is 4.79 Å². The summed E-state index contributed by atoms with van der Waals surface area (Å²) in [5.74, 6) is -0.969. The number of hydrogen-bond acceptors (Lipinski definition) is 3. The van der Waals surface area contributed by atoms with Crippen LogP contribution < -0.4 is 4.72 Å². The third kappa shape index (κ3) is 3.37. The molecule has 1 N–H and O–H groups in total. The van der Waals surface area contributed by atoms with Gasteiger partial charge in [0.2, 0.25) is 0 Å². The highest BCUT2D eigenvalue weighted by Gasteiger charge is 2.21. The van der Waals surface area contributed by atoms with Gasteiger partial charge in [-0.25, -0.2) is 13.1 Å². The van der Waals surface area contributed by atoms with Crippen LogP contribution in [0.2, 0.25) is 0 Å². The molecule has 1 aromatic rings. The van der Waals surface area contributed by atoms with Crippen molar-refractivity contribution < 1.29 is 13.2 Å². The highest BCUT2D eigenvalue weighted by Crippen LogP contribution is 2.11. The molecule has 0 aliphatic rings. The number of hydrogen-bond donors (Lipinski definition) is 1. The van der Waals surface area contributed by atoms with Gasteiger partial charge in [0.15, 0.2) is 4.84 Å². The van der Waals surface area contributed by atoms with Crippen LogP contribution in [0.1, 0.15) is 5.56 Å². The maximum atomic E-state index is 11.6. The predicted octanol–water partition coefficient (Wildman–Crippen LogP) is 1.60. The summed E-state index contributed by atoms with van der Waals surface area (Å²) in [6.07, 6.45) is 0. The van der Waals surface area contributed by atoms with E-state index in [4.69, 9.17) is 23.2 Å². The van der Waals surface area contributed by atoms with Crippen molar-refractivity contribution in [3.8, 4) is 0 Å². The average molecular weight is 282 g/mol. The smallest absolute Gasteiger partial charge is 0.266 e. The van der Waals surface area contributed by atoms with E-state index in [1.165, 1.54) is 12.1 Å². The molecule has 0 spiro atoms. The number of aryl methyl sites for hydroxylation is 1. The summed E-state index contributed by atoms with van der Waals surface area (Å²) in [5.41, 5.74) is 0.915. The number of alkyl halides is 2. The quantitative estimate of drug-likeness (QED) is 0.856. The van der Waals surface area contributed by atoms with Crippen molar-refractivity contribution in [2.45, 2.75) is 16.7 Å². The Morgan fingerprint density at radius 2 is 1.75 bits per heavy atom. The van der Waals surface area contributed by atoms with E-state index in [1.54, 1.807) is 16.9 Å². The molecule has 0 bridgehead atoms. The normalized spacial score (nSPS) is 11.5. The molecule has 0 aliphatic heterocycles. The Labute approximate surface area is 104 Å². The Balaban J connectivity index is 2.95. The topological polar surface area (TPSA) is 63.2 Å². The van der Waals surface area contributed by atoms with Gasteiger partial charge in [-0.05, 0) is 19.1 Å². The minimum absolute atomic E-state index is 0.0135. The third-order valence-corrected chi connectivity index (χ3v) is 3.52. The van der Waals surface area contributed by atoms with E-state index < -0.39 is 20.8 Å². The summed E-state index contributed by atoms with van der Waals surface area (Å²) < 4.78 is 25.0. The number of rotatable bonds is 3. The summed E-state index contributed by atoms with van der Waals surface area (Å²) in [5, 5.41) is 0. The molecule has 0 aliphatic carbocycles. The van der Waals surface area contributed by atoms with Crippen molar-refractivity contribution in [2.24, 2.45) is 0 Å². The standard InChI is InChI=1S/C9H9Cl2NO3S/c1-6-2-4-7(5-3-6)16(14,15)12-9(13)8(10)11/h2-5,8H,1H3,(H,12,13). The third-order valence-electron chi connectivity index (χ3n) is 1.76. The molecule has 7 heteroatoms. The second-order valence-corrected chi connectivity index (χ2v) is 5.86. The molecule has 0 saturated carbocycles. The fourth-order valence-electron chi connectivity index (χ4n) is 0.953. The number of nitrogens with one attached hydrogen (secondary N) is 1. The largest absolute Gasteiger partial charge is 0.271 e. The van der Waals surface area contributed by atoms with Crippen molar-refractivity contribution >= 4 is 39.1 Å². The van der Waals surface area contributed by atoms with E-state index in [0.717, 1.165) is 5.56 Å². The number of amides is 1. The van der Waals surface area contributed by atoms with Gasteiger partial charge in [0.05, 0.1) is 4.90 Å². The molecule has 0 radical (unpaired) electrons. The van der Waals surface area contributed by atoms with E-state index in [0.29, 0.717) is 0 Å². The molecular formula is C9H9Cl2NO3S. The molecule has 0 atom stereocenters. The molecule has 0 saturated heterocycles. The van der Waals surface area contributed by atoms with Gasteiger partial charge >= 0.3 is 0 Å². The summed E-state index contributed by atoms with van der Waals surface area (Å²) in [7, 11) is -3.89. The average Bonchev–Trinajstić information content (AvgIpc) is 2.17. The van der Waals surface area contributed by atoms with Gasteiger partial charge in [-0.2, -0.15) is 0 Å². The lowest BCUT2D eigenvalue weighted by atomic mass is 10.2. The van der Waals surface area contributed by atoms with Crippen LogP contribution in [0.4, 0.5) is 0 Å². The van der Waals surface area contributed by atoms with Gasteiger partial charge < -0.3 is 0 Å². The van der Waals surface area contributed by atoms with Gasteiger partial charge in [0.1, 0.15) is 0 Å². The zero-order valence-electron chi connectivity index (χ0n) is 8.28. The summed E-state index contributed by atoms with van der Waals surface area (Å²) in [4.78, 5) is 9.61. The van der Waals surface area contributed by atoms with E-state index in [-0.39, 0.29) is 4.90 Å². The van der Waals surface area contributed by atoms with E-state index in [9.17, 15) is 13.2 Å². The van der Waals surface area contributed by atoms with E-state index in [2.05, 4.69) is 0 Å². The molecule has 88 valence electrons. The van der Waals surface area contributed by atoms with Crippen LogP contribution in [-0.2, 0) is 14.8 Å². The first-order valence-electron chi connectivity index (χ1n) is 4.24. The zero-order chi connectivity index (χ0) is 12.3. The summed E-state index contributed by atoms with van der Waals surface area (Å²) >= 11 is 10.5. The lowest BCUT2D eigenvalue weighted by Gasteiger charge is -2.07. The highest BCUT2D eigenvalue weighted by atomic mass is 35.5. The molecule has 4 nitrogen and oxygen atoms in total. The maximum Gasteiger partial charge on any atom is 0.266 e. The first kappa shape index (κ1) is 13.3. The zero-order valence-corrected chi connectivity index (χ0v) is 10.6. The molecule has 0 fully saturated rings. The summed E-state index contributed by atoms with van der Waals surface area (Å²) in [6.45, 7) is 1.82. The molecule has 1 amide bonds. The van der Waals surface area contributed by atoms with Crippen LogP contribution in [0.15, 0.2) is 29.2 Å². The number of halogens is 2. The highest BCUT2D eigenvalue weighted by molar-refractivity contribution is 7.90. The molecule has 16 heavy (non-hydrogen) atoms. The van der Waals surface area contributed by atoms with Crippen LogP contribution in [0.3, 0.4) is 0 Å². The molecule has 1 rings (SSSR count). The van der Waals surface area contributed by atoms with Crippen LogP contribution in [0.5, 0.6) is 0 Å². The van der Waals surface area contributed by atoms with Crippen molar-refractivity contribution in [2.75, 3.05) is 0 Å². The molecule has 0 aromatic heterocycles. The minimum atomic E-state index is -3.89. The minimum Gasteiger partial charge on any atom is -0.271 e. The lowest BCUT2D eigenvalue weighted by molar-refractivity contribution is -0.117. The van der Waals surface area contributed by atoms with Crippen LogP contribution in [-0.4, -0.2) is 19.2 Å². The van der Waals surface area contributed by atoms with Crippen LogP contribution in [0, 0.1) is 6.92 Å². The number of benzene rings is 1. The SMILES string of the molecule is Cc1ccc(S(=O)(=O)NC(=O)C(Cl)Cl)cc1. The van der Waals surface area contributed by atoms with Crippen molar-refractivity contribution in [3.05, 3.63) is 29.8 Å².